The standard InChI is InChI=1S/C8H16.2C2H6.C2H4/c1-7-5-3-4-6-8(7)2;3*1-2/h7-8H,3-6H2,1-2H3;2*1-2H3;1-2H2. The maximum atomic E-state index is 3.00. The molecule has 0 saturated heterocycles. The summed E-state index contributed by atoms with van der Waals surface area (Å²) in [6.07, 6.45) is 5.90. The maximum absolute atomic E-state index is 3.00. The summed E-state index contributed by atoms with van der Waals surface area (Å²) in [7, 11) is 0. The van der Waals surface area contributed by atoms with Crippen LogP contribution in [0.5, 0.6) is 0 Å². The molecule has 0 aromatic heterocycles. The van der Waals surface area contributed by atoms with Gasteiger partial charge in [-0.15, -0.1) is 13.2 Å². The predicted molar refractivity (Wildman–Crippen MR) is 70.7 cm³/mol. The lowest BCUT2D eigenvalue weighted by Crippen LogP contribution is -2.12. The molecule has 88 valence electrons. The lowest BCUT2D eigenvalue weighted by molar-refractivity contribution is 0.277. The van der Waals surface area contributed by atoms with E-state index in [9.17, 15) is 0 Å². The molecule has 0 spiro atoms. The molecular formula is C14H32. The molecule has 2 unspecified atom stereocenters. The fraction of sp³-hybridized carbons (Fsp3) is 0.857. The lowest BCUT2D eigenvalue weighted by Gasteiger charge is -2.24. The van der Waals surface area contributed by atoms with Crippen molar-refractivity contribution < 1.29 is 0 Å². The van der Waals surface area contributed by atoms with E-state index in [4.69, 9.17) is 0 Å². The van der Waals surface area contributed by atoms with E-state index < -0.39 is 0 Å². The molecule has 14 heavy (non-hydrogen) atoms. The molecule has 1 fully saturated rings. The fourth-order valence-corrected chi connectivity index (χ4v) is 1.50. The first-order valence-corrected chi connectivity index (χ1v) is 6.30. The largest absolute Gasteiger partial charge is 0.106 e. The van der Waals surface area contributed by atoms with Crippen LogP contribution < -0.4 is 0 Å². The fourth-order valence-electron chi connectivity index (χ4n) is 1.50. The normalized spacial score (nSPS) is 23.9. The molecule has 1 saturated carbocycles. The summed E-state index contributed by atoms with van der Waals surface area (Å²) in [5, 5.41) is 0. The van der Waals surface area contributed by atoms with Gasteiger partial charge in [0.1, 0.15) is 0 Å². The van der Waals surface area contributed by atoms with Crippen LogP contribution in [0.1, 0.15) is 67.2 Å². The van der Waals surface area contributed by atoms with Crippen LogP contribution in [-0.4, -0.2) is 0 Å². The van der Waals surface area contributed by atoms with E-state index in [-0.39, 0.29) is 0 Å². The van der Waals surface area contributed by atoms with Crippen molar-refractivity contribution in [2.75, 3.05) is 0 Å². The van der Waals surface area contributed by atoms with Gasteiger partial charge in [0.05, 0.1) is 0 Å². The van der Waals surface area contributed by atoms with Crippen molar-refractivity contribution in [3.05, 3.63) is 13.2 Å². The van der Waals surface area contributed by atoms with E-state index in [1.54, 1.807) is 0 Å². The van der Waals surface area contributed by atoms with Crippen molar-refractivity contribution in [3.8, 4) is 0 Å². The molecule has 0 heterocycles. The number of hydrogen-bond acceptors (Lipinski definition) is 0. The molecule has 0 radical (unpaired) electrons. The van der Waals surface area contributed by atoms with Crippen LogP contribution in [-0.2, 0) is 0 Å². The van der Waals surface area contributed by atoms with Crippen LogP contribution in [0.25, 0.3) is 0 Å². The summed E-state index contributed by atoms with van der Waals surface area (Å²) in [5.74, 6) is 2.01. The first kappa shape index (κ1) is 19.3. The Morgan fingerprint density at radius 3 is 1.07 bits per heavy atom. The summed E-state index contributed by atoms with van der Waals surface area (Å²) in [6, 6.07) is 0. The first-order chi connectivity index (χ1) is 6.80. The summed E-state index contributed by atoms with van der Waals surface area (Å²) >= 11 is 0. The van der Waals surface area contributed by atoms with Gasteiger partial charge in [0.15, 0.2) is 0 Å². The van der Waals surface area contributed by atoms with Crippen LogP contribution in [0.4, 0.5) is 0 Å². The van der Waals surface area contributed by atoms with Crippen molar-refractivity contribution in [2.45, 2.75) is 67.2 Å². The van der Waals surface area contributed by atoms with Gasteiger partial charge in [-0.3, -0.25) is 0 Å². The van der Waals surface area contributed by atoms with E-state index in [0.717, 1.165) is 11.8 Å². The quantitative estimate of drug-likeness (QED) is 0.441. The summed E-state index contributed by atoms with van der Waals surface area (Å²) in [6.45, 7) is 18.8. The summed E-state index contributed by atoms with van der Waals surface area (Å²) in [5.41, 5.74) is 0. The zero-order chi connectivity index (χ0) is 12.0. The molecule has 2 atom stereocenters. The molecule has 0 heteroatoms. The SMILES string of the molecule is C=C.CC.CC.CC1CCCCC1C. The average Bonchev–Trinajstić information content (AvgIpc) is 2.31. The molecule has 0 bridgehead atoms. The van der Waals surface area contributed by atoms with Gasteiger partial charge >= 0.3 is 0 Å². The molecule has 1 aliphatic carbocycles. The van der Waals surface area contributed by atoms with E-state index in [0.29, 0.717) is 0 Å². The Morgan fingerprint density at radius 2 is 0.929 bits per heavy atom. The Labute approximate surface area is 92.8 Å². The topological polar surface area (TPSA) is 0 Å². The van der Waals surface area contributed by atoms with Gasteiger partial charge < -0.3 is 0 Å². The average molecular weight is 200 g/mol. The molecule has 0 aliphatic heterocycles. The van der Waals surface area contributed by atoms with Crippen molar-refractivity contribution >= 4 is 0 Å². The van der Waals surface area contributed by atoms with Crippen molar-refractivity contribution in [3.63, 3.8) is 0 Å². The first-order valence-electron chi connectivity index (χ1n) is 6.30. The second kappa shape index (κ2) is 18.5. The van der Waals surface area contributed by atoms with Gasteiger partial charge in [-0.25, -0.2) is 0 Å². The van der Waals surface area contributed by atoms with Crippen molar-refractivity contribution in [1.82, 2.24) is 0 Å². The summed E-state index contributed by atoms with van der Waals surface area (Å²) in [4.78, 5) is 0. The van der Waals surface area contributed by atoms with Gasteiger partial charge in [0.25, 0.3) is 0 Å². The lowest BCUT2D eigenvalue weighted by atomic mass is 9.82. The van der Waals surface area contributed by atoms with Crippen LogP contribution in [0, 0.1) is 11.8 Å². The minimum absolute atomic E-state index is 1.00. The predicted octanol–water partition coefficient (Wildman–Crippen LogP) is 5.69. The molecular weight excluding hydrogens is 168 g/mol. The highest BCUT2D eigenvalue weighted by Crippen LogP contribution is 2.28. The highest BCUT2D eigenvalue weighted by atomic mass is 14.2. The highest BCUT2D eigenvalue weighted by molar-refractivity contribution is 4.67. The number of hydrogen-bond donors (Lipinski definition) is 0. The Kier molecular flexibility index (Phi) is 25.6. The van der Waals surface area contributed by atoms with E-state index >= 15 is 0 Å². The smallest absolute Gasteiger partial charge is 0.0417 e. The zero-order valence-electron chi connectivity index (χ0n) is 11.4. The molecule has 1 rings (SSSR count). The van der Waals surface area contributed by atoms with Crippen LogP contribution >= 0.6 is 0 Å². The Bertz CT molecular complexity index is 66.1. The maximum Gasteiger partial charge on any atom is -0.0417 e. The zero-order valence-corrected chi connectivity index (χ0v) is 11.4. The van der Waals surface area contributed by atoms with Crippen LogP contribution in [0.2, 0.25) is 0 Å². The molecule has 0 aromatic carbocycles. The van der Waals surface area contributed by atoms with Gasteiger partial charge in [-0.05, 0) is 11.8 Å². The molecule has 0 nitrogen and oxygen atoms in total. The summed E-state index contributed by atoms with van der Waals surface area (Å²) < 4.78 is 0. The van der Waals surface area contributed by atoms with Crippen LogP contribution in [0.3, 0.4) is 0 Å². The van der Waals surface area contributed by atoms with Gasteiger partial charge in [-0.1, -0.05) is 67.2 Å². The third-order valence-electron chi connectivity index (χ3n) is 2.54. The third kappa shape index (κ3) is 11.7. The van der Waals surface area contributed by atoms with Gasteiger partial charge in [0, 0.05) is 0 Å². The molecule has 0 amide bonds. The molecule has 0 aromatic rings. The Morgan fingerprint density at radius 1 is 0.714 bits per heavy atom. The monoisotopic (exact) mass is 200 g/mol. The van der Waals surface area contributed by atoms with E-state index in [1.165, 1.54) is 25.7 Å². The van der Waals surface area contributed by atoms with E-state index in [2.05, 4.69) is 27.0 Å². The Hall–Kier alpha value is -0.260. The Balaban J connectivity index is -0.000000174. The van der Waals surface area contributed by atoms with Crippen LogP contribution in [0.15, 0.2) is 13.2 Å². The van der Waals surface area contributed by atoms with E-state index in [1.807, 2.05) is 27.7 Å². The third-order valence-corrected chi connectivity index (χ3v) is 2.54. The van der Waals surface area contributed by atoms with Gasteiger partial charge in [0.2, 0.25) is 0 Å². The van der Waals surface area contributed by atoms with Crippen molar-refractivity contribution in [2.24, 2.45) is 11.8 Å². The molecule has 1 aliphatic rings. The second-order valence-corrected chi connectivity index (χ2v) is 3.24. The van der Waals surface area contributed by atoms with Crippen molar-refractivity contribution in [1.29, 1.82) is 0 Å². The highest BCUT2D eigenvalue weighted by Gasteiger charge is 2.15. The second-order valence-electron chi connectivity index (χ2n) is 3.24. The minimum Gasteiger partial charge on any atom is -0.106 e. The number of rotatable bonds is 0. The minimum atomic E-state index is 1.00. The molecule has 0 N–H and O–H groups in total. The van der Waals surface area contributed by atoms with Gasteiger partial charge in [-0.2, -0.15) is 0 Å².